The molecule has 0 aromatic heterocycles. The number of piperidine rings is 1. The third-order valence-electron chi connectivity index (χ3n) is 6.94. The molecule has 3 rings (SSSR count). The van der Waals surface area contributed by atoms with Gasteiger partial charge >= 0.3 is 5.97 Å². The molecule has 0 unspecified atom stereocenters. The van der Waals surface area contributed by atoms with E-state index in [0.717, 1.165) is 51.4 Å². The van der Waals surface area contributed by atoms with E-state index in [9.17, 15) is 15.0 Å². The van der Waals surface area contributed by atoms with Crippen LogP contribution in [0.1, 0.15) is 84.0 Å². The Kier molecular flexibility index (Phi) is 5.76. The summed E-state index contributed by atoms with van der Waals surface area (Å²) in [6.07, 6.45) is 11.9. The number of esters is 1. The van der Waals surface area contributed by atoms with Crippen molar-refractivity contribution in [1.29, 1.82) is 0 Å². The summed E-state index contributed by atoms with van der Waals surface area (Å²) in [7, 11) is 0. The summed E-state index contributed by atoms with van der Waals surface area (Å²) in [4.78, 5) is 15.2. The monoisotopic (exact) mass is 353 g/mol. The molecule has 5 heteroatoms. The number of nitrogens with zero attached hydrogens (tertiary/aromatic N) is 1. The summed E-state index contributed by atoms with van der Waals surface area (Å²) in [5.74, 6) is -0.437. The lowest BCUT2D eigenvalue weighted by molar-refractivity contribution is -0.204. The van der Waals surface area contributed by atoms with Gasteiger partial charge in [-0.05, 0) is 32.6 Å². The van der Waals surface area contributed by atoms with Crippen molar-refractivity contribution in [2.75, 3.05) is 19.8 Å². The topological polar surface area (TPSA) is 70.0 Å². The van der Waals surface area contributed by atoms with Crippen LogP contribution in [0.15, 0.2) is 0 Å². The third kappa shape index (κ3) is 3.47. The Balaban J connectivity index is 2.00. The van der Waals surface area contributed by atoms with Gasteiger partial charge < -0.3 is 14.9 Å². The molecule has 5 nitrogen and oxygen atoms in total. The van der Waals surface area contributed by atoms with Crippen LogP contribution in [0.4, 0.5) is 0 Å². The van der Waals surface area contributed by atoms with Gasteiger partial charge in [-0.2, -0.15) is 0 Å². The molecule has 144 valence electrons. The molecule has 0 aromatic rings. The van der Waals surface area contributed by atoms with Gasteiger partial charge in [0.05, 0.1) is 13.2 Å². The third-order valence-corrected chi connectivity index (χ3v) is 6.94. The molecule has 1 heterocycles. The van der Waals surface area contributed by atoms with Crippen molar-refractivity contribution in [3.05, 3.63) is 0 Å². The maximum absolute atomic E-state index is 12.7. The van der Waals surface area contributed by atoms with Gasteiger partial charge in [0.2, 0.25) is 0 Å². The van der Waals surface area contributed by atoms with Gasteiger partial charge in [-0.15, -0.1) is 0 Å². The molecule has 0 aromatic carbocycles. The molecular formula is C20H35NO4. The number of β-amino-alcohol motifs (C(OH)–C–C–N with tert-alkyl or cyclic N) is 1. The molecule has 2 N–H and O–H groups in total. The van der Waals surface area contributed by atoms with Crippen LogP contribution in [0.3, 0.4) is 0 Å². The lowest BCUT2D eigenvalue weighted by atomic mass is 9.60. The van der Waals surface area contributed by atoms with Crippen molar-refractivity contribution in [3.8, 4) is 0 Å². The number of ether oxygens (including phenoxy) is 1. The van der Waals surface area contributed by atoms with E-state index in [0.29, 0.717) is 26.0 Å². The summed E-state index contributed by atoms with van der Waals surface area (Å²) >= 11 is 0. The second-order valence-electron chi connectivity index (χ2n) is 8.55. The predicted octanol–water partition coefficient (Wildman–Crippen LogP) is 2.77. The number of aliphatic hydroxyl groups is 2. The first-order chi connectivity index (χ1) is 12.0. The second-order valence-corrected chi connectivity index (χ2v) is 8.55. The molecule has 2 spiro atoms. The summed E-state index contributed by atoms with van der Waals surface area (Å²) in [6.45, 7) is 2.90. The second kappa shape index (κ2) is 7.53. The predicted molar refractivity (Wildman–Crippen MR) is 96.2 cm³/mol. The molecule has 3 aliphatic rings. The van der Waals surface area contributed by atoms with E-state index < -0.39 is 11.6 Å². The van der Waals surface area contributed by atoms with E-state index in [1.807, 2.05) is 0 Å². The van der Waals surface area contributed by atoms with Crippen LogP contribution in [-0.4, -0.2) is 57.5 Å². The van der Waals surface area contributed by atoms with E-state index in [1.165, 1.54) is 12.8 Å². The number of hydrogen-bond donors (Lipinski definition) is 2. The molecule has 2 aliphatic carbocycles. The van der Waals surface area contributed by atoms with Crippen molar-refractivity contribution >= 4 is 5.97 Å². The minimum absolute atomic E-state index is 0.140. The van der Waals surface area contributed by atoms with Crippen LogP contribution >= 0.6 is 0 Å². The molecule has 0 amide bonds. The Morgan fingerprint density at radius 2 is 1.44 bits per heavy atom. The first-order valence-corrected chi connectivity index (χ1v) is 10.3. The SMILES string of the molecule is CCOC(=O)C1(O)CC2(CCCCC2)N(CCO)C2(CCCCC2)C1. The van der Waals surface area contributed by atoms with Crippen LogP contribution in [-0.2, 0) is 9.53 Å². The van der Waals surface area contributed by atoms with E-state index in [-0.39, 0.29) is 17.7 Å². The number of carbonyl (C=O) groups excluding carboxylic acids is 1. The highest BCUT2D eigenvalue weighted by atomic mass is 16.5. The Labute approximate surface area is 151 Å². The molecule has 1 saturated heterocycles. The van der Waals surface area contributed by atoms with Gasteiger partial charge in [0.1, 0.15) is 0 Å². The Morgan fingerprint density at radius 3 is 1.84 bits per heavy atom. The quantitative estimate of drug-likeness (QED) is 0.761. The lowest BCUT2D eigenvalue weighted by Gasteiger charge is -2.63. The highest BCUT2D eigenvalue weighted by Crippen LogP contribution is 2.54. The molecule has 1 aliphatic heterocycles. The number of aliphatic hydroxyl groups excluding tert-OH is 1. The van der Waals surface area contributed by atoms with Gasteiger partial charge in [0.25, 0.3) is 0 Å². The van der Waals surface area contributed by atoms with Crippen LogP contribution in [0.5, 0.6) is 0 Å². The standard InChI is InChI=1S/C20H35NO4/c1-2-25-17(23)20(24)15-18(9-5-3-6-10-18)21(13-14-22)19(16-20)11-7-4-8-12-19/h22,24H,2-16H2,1H3. The Bertz CT molecular complexity index is 438. The van der Waals surface area contributed by atoms with Gasteiger partial charge in [-0.1, -0.05) is 38.5 Å². The number of carbonyl (C=O) groups is 1. The smallest absolute Gasteiger partial charge is 0.338 e. The molecule has 3 fully saturated rings. The van der Waals surface area contributed by atoms with Gasteiger partial charge in [-0.25, -0.2) is 4.79 Å². The summed E-state index contributed by atoms with van der Waals surface area (Å²) < 4.78 is 5.29. The molecule has 2 saturated carbocycles. The normalized spacial score (nSPS) is 32.0. The molecule has 25 heavy (non-hydrogen) atoms. The lowest BCUT2D eigenvalue weighted by Crippen LogP contribution is -2.72. The van der Waals surface area contributed by atoms with Crippen molar-refractivity contribution < 1.29 is 19.7 Å². The van der Waals surface area contributed by atoms with Crippen molar-refractivity contribution in [3.63, 3.8) is 0 Å². The van der Waals surface area contributed by atoms with Crippen molar-refractivity contribution in [2.24, 2.45) is 0 Å². The summed E-state index contributed by atoms with van der Waals surface area (Å²) in [6, 6.07) is 0. The van der Waals surface area contributed by atoms with Crippen molar-refractivity contribution in [1.82, 2.24) is 4.90 Å². The zero-order valence-corrected chi connectivity index (χ0v) is 15.8. The highest BCUT2D eigenvalue weighted by molar-refractivity contribution is 5.80. The van der Waals surface area contributed by atoms with Gasteiger partial charge in [0, 0.05) is 30.5 Å². The molecule has 0 atom stereocenters. The molecular weight excluding hydrogens is 318 g/mol. The van der Waals surface area contributed by atoms with Gasteiger partial charge in [0.15, 0.2) is 5.60 Å². The molecule has 0 radical (unpaired) electrons. The van der Waals surface area contributed by atoms with Crippen molar-refractivity contribution in [2.45, 2.75) is 101 Å². The largest absolute Gasteiger partial charge is 0.464 e. The number of hydrogen-bond acceptors (Lipinski definition) is 5. The zero-order valence-electron chi connectivity index (χ0n) is 15.8. The van der Waals surface area contributed by atoms with Crippen LogP contribution < -0.4 is 0 Å². The first kappa shape index (κ1) is 19.1. The zero-order chi connectivity index (χ0) is 18.0. The van der Waals surface area contributed by atoms with Crippen LogP contribution in [0.25, 0.3) is 0 Å². The average molecular weight is 354 g/mol. The fourth-order valence-corrected chi connectivity index (χ4v) is 6.14. The number of likely N-dealkylation sites (tertiary alicyclic amines) is 1. The minimum atomic E-state index is -1.38. The van der Waals surface area contributed by atoms with E-state index in [1.54, 1.807) is 6.92 Å². The maximum atomic E-state index is 12.7. The Morgan fingerprint density at radius 1 is 0.960 bits per heavy atom. The fraction of sp³-hybridized carbons (Fsp3) is 0.950. The highest BCUT2D eigenvalue weighted by Gasteiger charge is 2.61. The fourth-order valence-electron chi connectivity index (χ4n) is 6.14. The molecule has 0 bridgehead atoms. The van der Waals surface area contributed by atoms with E-state index in [4.69, 9.17) is 4.74 Å². The number of rotatable bonds is 4. The van der Waals surface area contributed by atoms with Gasteiger partial charge in [-0.3, -0.25) is 4.90 Å². The summed E-state index contributed by atoms with van der Waals surface area (Å²) in [5.41, 5.74) is -1.72. The van der Waals surface area contributed by atoms with E-state index >= 15 is 0 Å². The van der Waals surface area contributed by atoms with Crippen LogP contribution in [0, 0.1) is 0 Å². The Hall–Kier alpha value is -0.650. The van der Waals surface area contributed by atoms with Crippen LogP contribution in [0.2, 0.25) is 0 Å². The summed E-state index contributed by atoms with van der Waals surface area (Å²) in [5, 5.41) is 21.2. The minimum Gasteiger partial charge on any atom is -0.464 e. The van der Waals surface area contributed by atoms with E-state index in [2.05, 4.69) is 4.90 Å². The first-order valence-electron chi connectivity index (χ1n) is 10.3. The maximum Gasteiger partial charge on any atom is 0.338 e. The average Bonchev–Trinajstić information content (AvgIpc) is 2.60.